The van der Waals surface area contributed by atoms with E-state index in [4.69, 9.17) is 19.9 Å². The number of unbranched alkanes of at least 4 members (excludes halogenated alkanes) is 2. The Balaban J connectivity index is 0.00000468. The molecule has 0 atom stereocenters. The van der Waals surface area contributed by atoms with Crippen molar-refractivity contribution in [3.8, 4) is 17.2 Å². The van der Waals surface area contributed by atoms with Gasteiger partial charge in [-0.25, -0.2) is 10.0 Å². The van der Waals surface area contributed by atoms with Crippen molar-refractivity contribution in [3.63, 3.8) is 0 Å². The third kappa shape index (κ3) is 12.3. The number of nitrogens with two attached hydrogens (primary N) is 1. The monoisotopic (exact) mass is 760 g/mol. The molecule has 0 aliphatic carbocycles. The predicted octanol–water partition coefficient (Wildman–Crippen LogP) is 5.66. The van der Waals surface area contributed by atoms with Crippen LogP contribution in [0.5, 0.6) is 17.2 Å². The maximum atomic E-state index is 13.7. The average molecular weight is 762 g/mol. The number of amides is 3. The van der Waals surface area contributed by atoms with Gasteiger partial charge in [0.15, 0.2) is 0 Å². The maximum Gasteiger partial charge on any atom is 0.259 e. The van der Waals surface area contributed by atoms with Gasteiger partial charge in [0.2, 0.25) is 5.91 Å². The Labute approximate surface area is 320 Å². The van der Waals surface area contributed by atoms with E-state index in [0.717, 1.165) is 51.0 Å². The number of hydrogen-bond acceptors (Lipinski definition) is 9. The fourth-order valence-corrected chi connectivity index (χ4v) is 5.72. The number of rotatable bonds is 17. The van der Waals surface area contributed by atoms with Crippen LogP contribution in [0.3, 0.4) is 0 Å². The largest absolute Gasteiger partial charge is 0.495 e. The number of piperazine rings is 1. The highest BCUT2D eigenvalue weighted by atomic mass is 35.5. The van der Waals surface area contributed by atoms with Crippen molar-refractivity contribution in [2.24, 2.45) is 5.73 Å². The van der Waals surface area contributed by atoms with Crippen LogP contribution in [0.4, 0.5) is 11.4 Å². The number of ether oxygens (including phenoxy) is 3. The van der Waals surface area contributed by atoms with Gasteiger partial charge in [0.25, 0.3) is 11.8 Å². The second-order valence-electron chi connectivity index (χ2n) is 12.5. The van der Waals surface area contributed by atoms with Gasteiger partial charge in [-0.1, -0.05) is 18.2 Å². The van der Waals surface area contributed by atoms with Crippen LogP contribution >= 0.6 is 24.8 Å². The fraction of sp³-hybridized carbons (Fsp3) is 0.447. The highest BCUT2D eigenvalue weighted by Crippen LogP contribution is 2.32. The lowest BCUT2D eigenvalue weighted by Gasteiger charge is -2.38. The van der Waals surface area contributed by atoms with E-state index in [1.54, 1.807) is 54.4 Å². The van der Waals surface area contributed by atoms with E-state index in [1.807, 2.05) is 44.1 Å². The summed E-state index contributed by atoms with van der Waals surface area (Å²) in [4.78, 5) is 43.1. The lowest BCUT2D eigenvalue weighted by molar-refractivity contribution is -0.135. The molecule has 3 amide bonds. The molecule has 3 aromatic carbocycles. The summed E-state index contributed by atoms with van der Waals surface area (Å²) in [6.45, 7) is 6.59. The topological polar surface area (TPSA) is 130 Å². The molecule has 1 heterocycles. The van der Waals surface area contributed by atoms with Crippen molar-refractivity contribution in [2.45, 2.75) is 39.0 Å². The molecule has 1 fully saturated rings. The summed E-state index contributed by atoms with van der Waals surface area (Å²) < 4.78 is 17.5. The molecular weight excluding hydrogens is 707 g/mol. The summed E-state index contributed by atoms with van der Waals surface area (Å²) in [5.74, 6) is 0.995. The highest BCUT2D eigenvalue weighted by Gasteiger charge is 2.23. The second-order valence-corrected chi connectivity index (χ2v) is 12.5. The zero-order chi connectivity index (χ0) is 36.0. The molecule has 286 valence electrons. The smallest absolute Gasteiger partial charge is 0.259 e. The Morgan fingerprint density at radius 3 is 2.19 bits per heavy atom. The van der Waals surface area contributed by atoms with Crippen LogP contribution in [0.2, 0.25) is 0 Å². The minimum atomic E-state index is -0.366. The summed E-state index contributed by atoms with van der Waals surface area (Å²) >= 11 is 0. The first-order valence-electron chi connectivity index (χ1n) is 17.3. The zero-order valence-electron chi connectivity index (χ0n) is 30.9. The number of halogens is 2. The summed E-state index contributed by atoms with van der Waals surface area (Å²) in [6, 6.07) is 17.6. The van der Waals surface area contributed by atoms with Crippen molar-refractivity contribution >= 4 is 53.9 Å². The second kappa shape index (κ2) is 22.1. The van der Waals surface area contributed by atoms with Gasteiger partial charge in [-0.05, 0) is 87.2 Å². The zero-order valence-corrected chi connectivity index (χ0v) is 32.5. The average Bonchev–Trinajstić information content (AvgIpc) is 3.12. The lowest BCUT2D eigenvalue weighted by Crippen LogP contribution is -2.52. The lowest BCUT2D eigenvalue weighted by atomic mass is 10.1. The quantitative estimate of drug-likeness (QED) is 0.168. The third-order valence-electron chi connectivity index (χ3n) is 8.68. The molecular formula is C38H54Cl2N6O6. The Bertz CT molecular complexity index is 1600. The molecule has 3 N–H and O–H groups in total. The molecule has 0 aromatic heterocycles. The Morgan fingerprint density at radius 1 is 0.808 bits per heavy atom. The molecule has 0 bridgehead atoms. The Morgan fingerprint density at radius 2 is 1.50 bits per heavy atom. The first kappa shape index (κ1) is 44.1. The molecule has 12 nitrogen and oxygen atoms in total. The van der Waals surface area contributed by atoms with Crippen LogP contribution in [0.15, 0.2) is 60.7 Å². The minimum Gasteiger partial charge on any atom is -0.495 e. The number of carbonyl (C=O) groups excluding carboxylic acids is 3. The molecule has 1 saturated heterocycles. The standard InChI is InChI=1S/C38H52N6O6.2ClH/c1-28-15-18-32(35(26-28)50-24-10-6-7-14-36(45)43-20-22-44(23-21-43)41(2)3)42(4)38(47)29-16-17-31(34(27-29)48-5)40-37(46)30-12-8-9-13-33(30)49-25-11-19-39;;/h8-9,12-13,15-18,26-27H,6-7,10-11,14,19-25,39H2,1-5H3,(H,40,46);2*1H. The minimum absolute atomic E-state index is 0. The Kier molecular flexibility index (Phi) is 18.7. The molecule has 3 aromatic rings. The third-order valence-corrected chi connectivity index (χ3v) is 8.68. The van der Waals surface area contributed by atoms with Gasteiger partial charge < -0.3 is 35.1 Å². The van der Waals surface area contributed by atoms with Gasteiger partial charge in [0.1, 0.15) is 17.2 Å². The highest BCUT2D eigenvalue weighted by molar-refractivity contribution is 6.09. The number of nitrogens with one attached hydrogen (secondary N) is 1. The van der Waals surface area contributed by atoms with E-state index in [2.05, 4.69) is 15.3 Å². The van der Waals surface area contributed by atoms with Crippen LogP contribution in [0, 0.1) is 6.92 Å². The molecule has 14 heteroatoms. The maximum absolute atomic E-state index is 13.7. The van der Waals surface area contributed by atoms with Crippen LogP contribution in [-0.2, 0) is 4.79 Å². The van der Waals surface area contributed by atoms with Crippen LogP contribution in [0.1, 0.15) is 58.4 Å². The molecule has 4 rings (SSSR count). The van der Waals surface area contributed by atoms with Crippen LogP contribution < -0.4 is 30.2 Å². The number of methoxy groups -OCH3 is 1. The fourth-order valence-electron chi connectivity index (χ4n) is 5.72. The molecule has 0 unspecified atom stereocenters. The predicted molar refractivity (Wildman–Crippen MR) is 211 cm³/mol. The SMILES string of the molecule is COc1cc(C(=O)N(C)c2ccc(C)cc2OCCCCCC(=O)N2CCN(N(C)C)CC2)ccc1NC(=O)c1ccccc1OCCCN.Cl.Cl. The molecule has 1 aliphatic heterocycles. The first-order chi connectivity index (χ1) is 24.1. The Hall–Kier alpha value is -4.07. The molecule has 52 heavy (non-hydrogen) atoms. The summed E-state index contributed by atoms with van der Waals surface area (Å²) in [5.41, 5.74) is 8.40. The summed E-state index contributed by atoms with van der Waals surface area (Å²) in [7, 11) is 7.24. The first-order valence-corrected chi connectivity index (χ1v) is 17.3. The number of aryl methyl sites for hydroxylation is 1. The normalized spacial score (nSPS) is 12.7. The van der Waals surface area contributed by atoms with Gasteiger partial charge in [-0.2, -0.15) is 0 Å². The number of carbonyl (C=O) groups is 3. The van der Waals surface area contributed by atoms with E-state index in [0.29, 0.717) is 72.4 Å². The van der Waals surface area contributed by atoms with Crippen molar-refractivity contribution in [1.29, 1.82) is 0 Å². The van der Waals surface area contributed by atoms with E-state index in [1.165, 1.54) is 7.11 Å². The van der Waals surface area contributed by atoms with Crippen molar-refractivity contribution < 1.29 is 28.6 Å². The van der Waals surface area contributed by atoms with Gasteiger partial charge in [0, 0.05) is 59.3 Å². The van der Waals surface area contributed by atoms with Crippen molar-refractivity contribution in [1.82, 2.24) is 14.9 Å². The van der Waals surface area contributed by atoms with E-state index >= 15 is 0 Å². The number of anilines is 2. The molecule has 0 saturated carbocycles. The van der Waals surface area contributed by atoms with Gasteiger partial charge in [-0.3, -0.25) is 14.4 Å². The number of hydrazine groups is 1. The van der Waals surface area contributed by atoms with E-state index < -0.39 is 0 Å². The number of hydrogen-bond donors (Lipinski definition) is 2. The van der Waals surface area contributed by atoms with E-state index in [-0.39, 0.29) is 42.5 Å². The molecule has 0 radical (unpaired) electrons. The summed E-state index contributed by atoms with van der Waals surface area (Å²) in [5, 5.41) is 7.20. The van der Waals surface area contributed by atoms with Crippen LogP contribution in [-0.4, -0.2) is 107 Å². The van der Waals surface area contributed by atoms with Crippen molar-refractivity contribution in [3.05, 3.63) is 77.4 Å². The van der Waals surface area contributed by atoms with Crippen molar-refractivity contribution in [2.75, 3.05) is 84.4 Å². The number of benzene rings is 3. The number of para-hydroxylation sites is 1. The molecule has 0 spiro atoms. The number of nitrogens with zero attached hydrogens (tertiary/aromatic N) is 4. The summed E-state index contributed by atoms with van der Waals surface area (Å²) in [6.07, 6.45) is 3.68. The van der Waals surface area contributed by atoms with Gasteiger partial charge in [-0.15, -0.1) is 24.8 Å². The van der Waals surface area contributed by atoms with Crippen LogP contribution in [0.25, 0.3) is 0 Å². The van der Waals surface area contributed by atoms with E-state index in [9.17, 15) is 14.4 Å². The molecule has 1 aliphatic rings. The van der Waals surface area contributed by atoms with Gasteiger partial charge >= 0.3 is 0 Å². The van der Waals surface area contributed by atoms with Gasteiger partial charge in [0.05, 0.1) is 37.3 Å².